The van der Waals surface area contributed by atoms with E-state index in [1.807, 2.05) is 19.1 Å². The molecule has 0 atom stereocenters. The number of aromatic nitrogens is 2. The van der Waals surface area contributed by atoms with E-state index >= 15 is 0 Å². The first-order valence-electron chi connectivity index (χ1n) is 7.81. The second kappa shape index (κ2) is 8.01. The summed E-state index contributed by atoms with van der Waals surface area (Å²) in [6, 6.07) is 9.62. The maximum atomic E-state index is 13.1. The lowest BCUT2D eigenvalue weighted by atomic mass is 10.2. The molecule has 0 aliphatic carbocycles. The van der Waals surface area contributed by atoms with Crippen LogP contribution in [-0.2, 0) is 13.2 Å². The number of hydrogen-bond donors (Lipinski definition) is 0. The van der Waals surface area contributed by atoms with Gasteiger partial charge in [0, 0.05) is 29.7 Å². The highest BCUT2D eigenvalue weighted by atomic mass is 79.9. The number of benzene rings is 1. The van der Waals surface area contributed by atoms with Gasteiger partial charge in [-0.3, -0.25) is 9.78 Å². The molecule has 0 saturated carbocycles. The SMILES string of the molecule is Cc1cc(OCc2ccc(F)cc2Cl)c(Br)c(=O)n1Cc1cccnc1. The van der Waals surface area contributed by atoms with Crippen LogP contribution in [-0.4, -0.2) is 9.55 Å². The van der Waals surface area contributed by atoms with E-state index in [0.29, 0.717) is 22.3 Å². The highest BCUT2D eigenvalue weighted by molar-refractivity contribution is 9.10. The number of hydrogen-bond acceptors (Lipinski definition) is 3. The lowest BCUT2D eigenvalue weighted by Gasteiger charge is -2.15. The molecule has 3 rings (SSSR count). The van der Waals surface area contributed by atoms with E-state index in [1.165, 1.54) is 12.1 Å². The number of pyridine rings is 2. The minimum atomic E-state index is -0.409. The van der Waals surface area contributed by atoms with E-state index < -0.39 is 5.82 Å². The Labute approximate surface area is 163 Å². The molecule has 2 heterocycles. The van der Waals surface area contributed by atoms with Crippen LogP contribution in [0.1, 0.15) is 16.8 Å². The topological polar surface area (TPSA) is 44.1 Å². The average Bonchev–Trinajstić information content (AvgIpc) is 2.63. The first-order valence-corrected chi connectivity index (χ1v) is 8.98. The molecule has 0 fully saturated rings. The molecule has 0 amide bonds. The van der Waals surface area contributed by atoms with Gasteiger partial charge in [-0.2, -0.15) is 0 Å². The third-order valence-corrected chi connectivity index (χ3v) is 4.96. The van der Waals surface area contributed by atoms with Gasteiger partial charge in [-0.15, -0.1) is 0 Å². The molecule has 1 aromatic carbocycles. The van der Waals surface area contributed by atoms with Crippen molar-refractivity contribution in [2.75, 3.05) is 0 Å². The lowest BCUT2D eigenvalue weighted by molar-refractivity contribution is 0.302. The molecule has 3 aromatic rings. The number of rotatable bonds is 5. The standard InChI is InChI=1S/C19H15BrClFN2O2/c1-12-7-17(26-11-14-4-5-15(22)8-16(14)21)18(20)19(25)24(12)10-13-3-2-6-23-9-13/h2-9H,10-11H2,1H3. The van der Waals surface area contributed by atoms with Gasteiger partial charge in [0.05, 0.1) is 11.6 Å². The van der Waals surface area contributed by atoms with E-state index in [-0.39, 0.29) is 17.2 Å². The van der Waals surface area contributed by atoms with E-state index in [9.17, 15) is 9.18 Å². The summed E-state index contributed by atoms with van der Waals surface area (Å²) in [5.74, 6) is 0.00380. The first-order chi connectivity index (χ1) is 12.5. The van der Waals surface area contributed by atoms with Gasteiger partial charge >= 0.3 is 0 Å². The third-order valence-electron chi connectivity index (χ3n) is 3.88. The van der Waals surface area contributed by atoms with Crippen molar-refractivity contribution in [3.8, 4) is 5.75 Å². The second-order valence-electron chi connectivity index (χ2n) is 5.74. The van der Waals surface area contributed by atoms with E-state index in [0.717, 1.165) is 11.3 Å². The molecule has 0 unspecified atom stereocenters. The summed E-state index contributed by atoms with van der Waals surface area (Å²) in [6.07, 6.45) is 3.41. The van der Waals surface area contributed by atoms with Crippen molar-refractivity contribution in [3.63, 3.8) is 0 Å². The molecule has 0 spiro atoms. The fourth-order valence-corrected chi connectivity index (χ4v) is 3.15. The van der Waals surface area contributed by atoms with Crippen molar-refractivity contribution in [3.05, 3.63) is 91.3 Å². The Kier molecular flexibility index (Phi) is 5.74. The summed E-state index contributed by atoms with van der Waals surface area (Å²) in [5.41, 5.74) is 2.12. The monoisotopic (exact) mass is 436 g/mol. The smallest absolute Gasteiger partial charge is 0.269 e. The predicted octanol–water partition coefficient (Wildman–Crippen LogP) is 4.73. The van der Waals surface area contributed by atoms with Crippen molar-refractivity contribution in [2.24, 2.45) is 0 Å². The Hall–Kier alpha value is -2.18. The van der Waals surface area contributed by atoms with Gasteiger partial charge in [-0.05, 0) is 46.6 Å². The number of halogens is 3. The van der Waals surface area contributed by atoms with Crippen molar-refractivity contribution in [2.45, 2.75) is 20.1 Å². The Morgan fingerprint density at radius 3 is 2.81 bits per heavy atom. The van der Waals surface area contributed by atoms with Crippen molar-refractivity contribution >= 4 is 27.5 Å². The van der Waals surface area contributed by atoms with Gasteiger partial charge in [-0.1, -0.05) is 23.7 Å². The van der Waals surface area contributed by atoms with Crippen LogP contribution in [0.25, 0.3) is 0 Å². The molecule has 0 radical (unpaired) electrons. The van der Waals surface area contributed by atoms with Gasteiger partial charge in [-0.25, -0.2) is 4.39 Å². The Balaban J connectivity index is 1.84. The summed E-state index contributed by atoms with van der Waals surface area (Å²) in [5, 5.41) is 0.280. The minimum Gasteiger partial charge on any atom is -0.487 e. The van der Waals surface area contributed by atoms with Gasteiger partial charge < -0.3 is 9.30 Å². The largest absolute Gasteiger partial charge is 0.487 e. The molecular formula is C19H15BrClFN2O2. The van der Waals surface area contributed by atoms with Gasteiger partial charge in [0.25, 0.3) is 5.56 Å². The summed E-state index contributed by atoms with van der Waals surface area (Å²) in [6.45, 7) is 2.38. The molecule has 7 heteroatoms. The summed E-state index contributed by atoms with van der Waals surface area (Å²) in [4.78, 5) is 16.7. The zero-order chi connectivity index (χ0) is 18.7. The Bertz CT molecular complexity index is 993. The quantitative estimate of drug-likeness (QED) is 0.579. The minimum absolute atomic E-state index is 0.128. The Morgan fingerprint density at radius 2 is 2.12 bits per heavy atom. The second-order valence-corrected chi connectivity index (χ2v) is 6.94. The van der Waals surface area contributed by atoms with E-state index in [2.05, 4.69) is 20.9 Å². The van der Waals surface area contributed by atoms with Crippen LogP contribution in [0.2, 0.25) is 5.02 Å². The maximum Gasteiger partial charge on any atom is 0.269 e. The number of ether oxygens (including phenoxy) is 1. The van der Waals surface area contributed by atoms with Crippen LogP contribution in [0.3, 0.4) is 0 Å². The van der Waals surface area contributed by atoms with Crippen LogP contribution in [0, 0.1) is 12.7 Å². The van der Waals surface area contributed by atoms with Crippen molar-refractivity contribution in [1.29, 1.82) is 0 Å². The summed E-state index contributed by atoms with van der Waals surface area (Å²) >= 11 is 9.33. The number of nitrogens with zero attached hydrogens (tertiary/aromatic N) is 2. The molecule has 0 aliphatic heterocycles. The van der Waals surface area contributed by atoms with Crippen LogP contribution in [0.5, 0.6) is 5.75 Å². The van der Waals surface area contributed by atoms with Crippen molar-refractivity contribution < 1.29 is 9.13 Å². The van der Waals surface area contributed by atoms with Gasteiger partial charge in [0.1, 0.15) is 22.6 Å². The van der Waals surface area contributed by atoms with Crippen molar-refractivity contribution in [1.82, 2.24) is 9.55 Å². The molecule has 0 aliphatic rings. The third kappa shape index (κ3) is 4.14. The molecule has 0 N–H and O–H groups in total. The van der Waals surface area contributed by atoms with Crippen LogP contribution in [0.4, 0.5) is 4.39 Å². The predicted molar refractivity (Wildman–Crippen MR) is 102 cm³/mol. The van der Waals surface area contributed by atoms with Crippen LogP contribution in [0.15, 0.2) is 58.1 Å². The molecule has 4 nitrogen and oxygen atoms in total. The molecular weight excluding hydrogens is 423 g/mol. The Morgan fingerprint density at radius 1 is 1.31 bits per heavy atom. The lowest BCUT2D eigenvalue weighted by Crippen LogP contribution is -2.24. The van der Waals surface area contributed by atoms with E-state index in [1.54, 1.807) is 29.1 Å². The van der Waals surface area contributed by atoms with Crippen LogP contribution >= 0.6 is 27.5 Å². The highest BCUT2D eigenvalue weighted by Gasteiger charge is 2.13. The van der Waals surface area contributed by atoms with Gasteiger partial charge in [0.15, 0.2) is 0 Å². The molecule has 2 aromatic heterocycles. The zero-order valence-corrected chi connectivity index (χ0v) is 16.2. The normalized spacial score (nSPS) is 10.8. The fourth-order valence-electron chi connectivity index (χ4n) is 2.49. The fraction of sp³-hybridized carbons (Fsp3) is 0.158. The van der Waals surface area contributed by atoms with E-state index in [4.69, 9.17) is 16.3 Å². The highest BCUT2D eigenvalue weighted by Crippen LogP contribution is 2.25. The first kappa shape index (κ1) is 18.6. The average molecular weight is 438 g/mol. The molecule has 26 heavy (non-hydrogen) atoms. The summed E-state index contributed by atoms with van der Waals surface area (Å²) in [7, 11) is 0. The molecule has 0 bridgehead atoms. The van der Waals surface area contributed by atoms with Gasteiger partial charge in [0.2, 0.25) is 0 Å². The summed E-state index contributed by atoms with van der Waals surface area (Å²) < 4.78 is 20.8. The zero-order valence-electron chi connectivity index (χ0n) is 13.9. The number of aryl methyl sites for hydroxylation is 1. The molecule has 0 saturated heterocycles. The maximum absolute atomic E-state index is 13.1. The molecule has 134 valence electrons. The van der Waals surface area contributed by atoms with Crippen LogP contribution < -0.4 is 10.3 Å².